The van der Waals surface area contributed by atoms with Gasteiger partial charge in [0.1, 0.15) is 17.2 Å². The van der Waals surface area contributed by atoms with Crippen LogP contribution < -0.4 is 10.6 Å². The van der Waals surface area contributed by atoms with E-state index < -0.39 is 24.9 Å². The highest BCUT2D eigenvalue weighted by Gasteiger charge is 2.46. The second-order valence-electron chi connectivity index (χ2n) is 7.51. The average Bonchev–Trinajstić information content (AvgIpc) is 3.36. The number of nitrogens with zero attached hydrogens (tertiary/aromatic N) is 4. The fourth-order valence-electron chi connectivity index (χ4n) is 3.19. The van der Waals surface area contributed by atoms with Crippen molar-refractivity contribution in [1.82, 2.24) is 19.7 Å². The Labute approximate surface area is 185 Å². The molecule has 2 amide bonds. The number of aromatic hydroxyl groups is 1. The average molecular weight is 462 g/mol. The van der Waals surface area contributed by atoms with Crippen molar-refractivity contribution < 1.29 is 23.5 Å². The van der Waals surface area contributed by atoms with Gasteiger partial charge in [-0.15, -0.1) is 0 Å². The van der Waals surface area contributed by atoms with Gasteiger partial charge in [-0.3, -0.25) is 14.3 Å². The van der Waals surface area contributed by atoms with Gasteiger partial charge in [0.05, 0.1) is 25.0 Å². The quantitative estimate of drug-likeness (QED) is 0.519. The standard InChI is InChI=1S/C20H20F2N6O3S/c1-11-3-4-13(29)12(2)17(11)25-18(31)14-7-23-19(32-14)24-15-5-6-28(26-15)8-16(30)27-9-20(21,22)10-27/h3-7,29H,8-10H2,1-2H3,(H,25,31)(H,23,24,26). The second-order valence-corrected chi connectivity index (χ2v) is 8.55. The third kappa shape index (κ3) is 4.54. The van der Waals surface area contributed by atoms with E-state index in [0.29, 0.717) is 27.1 Å². The van der Waals surface area contributed by atoms with Crippen LogP contribution >= 0.6 is 11.3 Å². The zero-order valence-corrected chi connectivity index (χ0v) is 18.0. The number of thiazole rings is 1. The number of anilines is 3. The number of hydrogen-bond acceptors (Lipinski definition) is 7. The van der Waals surface area contributed by atoms with Crippen LogP contribution in [0.15, 0.2) is 30.6 Å². The number of carbonyl (C=O) groups is 2. The van der Waals surface area contributed by atoms with Crippen LogP contribution in [-0.2, 0) is 11.3 Å². The topological polar surface area (TPSA) is 112 Å². The molecule has 0 spiro atoms. The van der Waals surface area contributed by atoms with E-state index in [0.717, 1.165) is 21.8 Å². The maximum atomic E-state index is 12.9. The van der Waals surface area contributed by atoms with Crippen LogP contribution in [0, 0.1) is 13.8 Å². The number of aryl methyl sites for hydroxylation is 1. The van der Waals surface area contributed by atoms with E-state index >= 15 is 0 Å². The maximum Gasteiger partial charge on any atom is 0.282 e. The molecule has 0 aliphatic carbocycles. The maximum absolute atomic E-state index is 12.9. The van der Waals surface area contributed by atoms with Crippen molar-refractivity contribution in [2.75, 3.05) is 23.7 Å². The van der Waals surface area contributed by atoms with Crippen LogP contribution in [-0.4, -0.2) is 55.6 Å². The second kappa shape index (κ2) is 8.19. The van der Waals surface area contributed by atoms with E-state index in [4.69, 9.17) is 0 Å². The van der Waals surface area contributed by atoms with Crippen LogP contribution in [0.4, 0.5) is 25.4 Å². The van der Waals surface area contributed by atoms with E-state index in [2.05, 4.69) is 20.7 Å². The van der Waals surface area contributed by atoms with Crippen LogP contribution in [0.2, 0.25) is 0 Å². The summed E-state index contributed by atoms with van der Waals surface area (Å²) in [4.78, 5) is 30.2. The normalized spacial score (nSPS) is 14.7. The molecule has 1 aliphatic heterocycles. The molecule has 1 saturated heterocycles. The smallest absolute Gasteiger partial charge is 0.282 e. The molecular formula is C20H20F2N6O3S. The number of phenols is 1. The first-order chi connectivity index (χ1) is 15.1. The molecule has 4 rings (SSSR count). The molecule has 1 fully saturated rings. The Bertz CT molecular complexity index is 1180. The number of halogens is 2. The Balaban J connectivity index is 1.36. The van der Waals surface area contributed by atoms with Gasteiger partial charge in [-0.25, -0.2) is 13.8 Å². The monoisotopic (exact) mass is 462 g/mol. The molecule has 32 heavy (non-hydrogen) atoms. The summed E-state index contributed by atoms with van der Waals surface area (Å²) in [7, 11) is 0. The van der Waals surface area contributed by atoms with Crippen molar-refractivity contribution in [2.24, 2.45) is 0 Å². The fraction of sp³-hybridized carbons (Fsp3) is 0.300. The lowest BCUT2D eigenvalue weighted by Crippen LogP contribution is -2.59. The third-order valence-corrected chi connectivity index (χ3v) is 5.89. The summed E-state index contributed by atoms with van der Waals surface area (Å²) in [6, 6.07) is 4.89. The summed E-state index contributed by atoms with van der Waals surface area (Å²) >= 11 is 1.11. The Hall–Kier alpha value is -3.54. The van der Waals surface area contributed by atoms with Gasteiger partial charge in [-0.2, -0.15) is 5.10 Å². The highest BCUT2D eigenvalue weighted by Crippen LogP contribution is 2.30. The molecule has 3 aromatic rings. The first kappa shape index (κ1) is 21.7. The molecule has 3 heterocycles. The molecular weight excluding hydrogens is 442 g/mol. The molecule has 12 heteroatoms. The molecule has 9 nitrogen and oxygen atoms in total. The predicted octanol–water partition coefficient (Wildman–Crippen LogP) is 3.14. The lowest BCUT2D eigenvalue weighted by molar-refractivity contribution is -0.166. The lowest BCUT2D eigenvalue weighted by Gasteiger charge is -2.38. The van der Waals surface area contributed by atoms with Gasteiger partial charge in [0, 0.05) is 17.8 Å². The van der Waals surface area contributed by atoms with Crippen molar-refractivity contribution in [3.8, 4) is 5.75 Å². The molecule has 0 saturated carbocycles. The Morgan fingerprint density at radius 3 is 2.72 bits per heavy atom. The van der Waals surface area contributed by atoms with Gasteiger partial charge in [-0.05, 0) is 25.5 Å². The van der Waals surface area contributed by atoms with Crippen molar-refractivity contribution >= 4 is 39.8 Å². The van der Waals surface area contributed by atoms with Crippen molar-refractivity contribution in [1.29, 1.82) is 0 Å². The van der Waals surface area contributed by atoms with E-state index in [1.165, 1.54) is 10.9 Å². The molecule has 168 valence electrons. The van der Waals surface area contributed by atoms with Gasteiger partial charge in [0.25, 0.3) is 11.8 Å². The van der Waals surface area contributed by atoms with E-state index in [-0.39, 0.29) is 18.2 Å². The highest BCUT2D eigenvalue weighted by atomic mass is 32.1. The zero-order chi connectivity index (χ0) is 23.0. The predicted molar refractivity (Wildman–Crippen MR) is 115 cm³/mol. The number of nitrogens with one attached hydrogen (secondary N) is 2. The number of hydrogen-bond donors (Lipinski definition) is 3. The van der Waals surface area contributed by atoms with Crippen LogP contribution in [0.25, 0.3) is 0 Å². The fourth-order valence-corrected chi connectivity index (χ4v) is 3.91. The highest BCUT2D eigenvalue weighted by molar-refractivity contribution is 7.17. The van der Waals surface area contributed by atoms with Crippen molar-refractivity contribution in [3.05, 3.63) is 46.6 Å². The number of rotatable bonds is 6. The van der Waals surface area contributed by atoms with Crippen LogP contribution in [0.1, 0.15) is 20.8 Å². The minimum atomic E-state index is -2.81. The van der Waals surface area contributed by atoms with Gasteiger partial charge < -0.3 is 20.6 Å². The number of benzene rings is 1. The first-order valence-corrected chi connectivity index (χ1v) is 10.5. The summed E-state index contributed by atoms with van der Waals surface area (Å²) < 4.78 is 27.1. The molecule has 1 aliphatic rings. The summed E-state index contributed by atoms with van der Waals surface area (Å²) in [5.41, 5.74) is 1.93. The number of aromatic nitrogens is 3. The van der Waals surface area contributed by atoms with Crippen LogP contribution in [0.3, 0.4) is 0 Å². The van der Waals surface area contributed by atoms with Gasteiger partial charge in [0.15, 0.2) is 10.9 Å². The molecule has 0 unspecified atom stereocenters. The van der Waals surface area contributed by atoms with Crippen molar-refractivity contribution in [3.63, 3.8) is 0 Å². The summed E-state index contributed by atoms with van der Waals surface area (Å²) in [5, 5.41) is 20.2. The molecule has 0 bridgehead atoms. The molecule has 0 atom stereocenters. The van der Waals surface area contributed by atoms with E-state index in [1.54, 1.807) is 31.3 Å². The SMILES string of the molecule is Cc1ccc(O)c(C)c1NC(=O)c1cnc(Nc2ccn(CC(=O)N3CC(F)(F)C3)n2)s1. The lowest BCUT2D eigenvalue weighted by atomic mass is 10.1. The molecule has 2 aromatic heterocycles. The third-order valence-electron chi connectivity index (χ3n) is 4.98. The summed E-state index contributed by atoms with van der Waals surface area (Å²) in [6.45, 7) is 2.27. The first-order valence-electron chi connectivity index (χ1n) is 9.64. The number of phenolic OH excluding ortho intramolecular Hbond substituents is 1. The Morgan fingerprint density at radius 1 is 1.25 bits per heavy atom. The Morgan fingerprint density at radius 2 is 2.00 bits per heavy atom. The summed E-state index contributed by atoms with van der Waals surface area (Å²) in [6.07, 6.45) is 2.97. The molecule has 1 aromatic carbocycles. The van der Waals surface area contributed by atoms with Gasteiger partial charge >= 0.3 is 0 Å². The molecule has 0 radical (unpaired) electrons. The number of likely N-dealkylation sites (tertiary alicyclic amines) is 1. The number of carbonyl (C=O) groups excluding carboxylic acids is 2. The van der Waals surface area contributed by atoms with Gasteiger partial charge in [-0.1, -0.05) is 17.4 Å². The largest absolute Gasteiger partial charge is 0.508 e. The number of alkyl halides is 2. The molecule has 3 N–H and O–H groups in total. The van der Waals surface area contributed by atoms with E-state index in [9.17, 15) is 23.5 Å². The van der Waals surface area contributed by atoms with Crippen molar-refractivity contribution in [2.45, 2.75) is 26.3 Å². The minimum absolute atomic E-state index is 0.0921. The summed E-state index contributed by atoms with van der Waals surface area (Å²) in [5.74, 6) is -3.12. The van der Waals surface area contributed by atoms with Crippen LogP contribution in [0.5, 0.6) is 5.75 Å². The number of amides is 2. The zero-order valence-electron chi connectivity index (χ0n) is 17.2. The minimum Gasteiger partial charge on any atom is -0.508 e. The Kier molecular flexibility index (Phi) is 5.55. The van der Waals surface area contributed by atoms with E-state index in [1.807, 2.05) is 6.92 Å². The van der Waals surface area contributed by atoms with Gasteiger partial charge in [0.2, 0.25) is 5.91 Å².